The van der Waals surface area contributed by atoms with Gasteiger partial charge in [-0.2, -0.15) is 4.98 Å². The smallest absolute Gasteiger partial charge is 0.255 e. The summed E-state index contributed by atoms with van der Waals surface area (Å²) in [5.74, 6) is 0.650. The highest BCUT2D eigenvalue weighted by Gasteiger charge is 2.00. The second kappa shape index (κ2) is 8.99. The van der Waals surface area contributed by atoms with Crippen LogP contribution in [0, 0.1) is 0 Å². The third kappa shape index (κ3) is 6.66. The number of nitrogens with one attached hydrogen (secondary N) is 1. The molecule has 0 aliphatic rings. The van der Waals surface area contributed by atoms with E-state index >= 15 is 0 Å². The Balaban J connectivity index is 2.09. The van der Waals surface area contributed by atoms with E-state index in [1.807, 2.05) is 0 Å². The van der Waals surface area contributed by atoms with Gasteiger partial charge >= 0.3 is 0 Å². The Labute approximate surface area is 111 Å². The van der Waals surface area contributed by atoms with Gasteiger partial charge in [-0.3, -0.25) is 4.79 Å². The maximum atomic E-state index is 11.1. The molecule has 1 heterocycles. The van der Waals surface area contributed by atoms with Crippen molar-refractivity contribution in [3.8, 4) is 5.88 Å². The molecular formula is C12H20N2O3S. The average molecular weight is 272 g/mol. The van der Waals surface area contributed by atoms with Gasteiger partial charge in [-0.1, -0.05) is 37.4 Å². The van der Waals surface area contributed by atoms with Gasteiger partial charge in [0.05, 0.1) is 6.07 Å². The van der Waals surface area contributed by atoms with Crippen molar-refractivity contribution < 1.29 is 10.2 Å². The minimum absolute atomic E-state index is 0.231. The van der Waals surface area contributed by atoms with Crippen molar-refractivity contribution in [3.63, 3.8) is 0 Å². The first kappa shape index (κ1) is 15.0. The lowest BCUT2D eigenvalue weighted by atomic mass is 10.1. The number of nitrogens with zero attached hydrogens (tertiary/aromatic N) is 1. The molecule has 0 unspecified atom stereocenters. The molecule has 0 spiro atoms. The summed E-state index contributed by atoms with van der Waals surface area (Å²) in [6.07, 6.45) is 6.51. The number of H-pyrrole nitrogens is 1. The largest absolute Gasteiger partial charge is 0.493 e. The highest BCUT2D eigenvalue weighted by Crippen LogP contribution is 2.16. The number of aromatic hydroxyl groups is 1. The van der Waals surface area contributed by atoms with Crippen LogP contribution in [-0.2, 0) is 0 Å². The molecule has 0 aliphatic carbocycles. The van der Waals surface area contributed by atoms with Crippen LogP contribution in [0.2, 0.25) is 0 Å². The number of rotatable bonds is 9. The topological polar surface area (TPSA) is 86.2 Å². The quantitative estimate of drug-likeness (QED) is 0.363. The van der Waals surface area contributed by atoms with Crippen LogP contribution in [0.3, 0.4) is 0 Å². The Morgan fingerprint density at radius 2 is 1.83 bits per heavy atom. The fourth-order valence-electron chi connectivity index (χ4n) is 1.58. The molecular weight excluding hydrogens is 252 g/mol. The van der Waals surface area contributed by atoms with Gasteiger partial charge in [-0.05, 0) is 12.8 Å². The number of hydrogen-bond donors (Lipinski definition) is 3. The van der Waals surface area contributed by atoms with Gasteiger partial charge in [0.2, 0.25) is 5.88 Å². The van der Waals surface area contributed by atoms with E-state index in [2.05, 4.69) is 9.97 Å². The van der Waals surface area contributed by atoms with Crippen LogP contribution >= 0.6 is 11.8 Å². The number of thioether (sulfide) groups is 1. The zero-order chi connectivity index (χ0) is 13.2. The lowest BCUT2D eigenvalue weighted by Crippen LogP contribution is -2.06. The number of aromatic nitrogens is 2. The van der Waals surface area contributed by atoms with Gasteiger partial charge in [-0.25, -0.2) is 0 Å². The van der Waals surface area contributed by atoms with Gasteiger partial charge in [-0.15, -0.1) is 0 Å². The molecule has 0 aromatic carbocycles. The molecule has 102 valence electrons. The fourth-order valence-corrected chi connectivity index (χ4v) is 2.45. The first-order valence-corrected chi connectivity index (χ1v) is 7.25. The number of hydrogen-bond acceptors (Lipinski definition) is 5. The summed E-state index contributed by atoms with van der Waals surface area (Å²) in [5, 5.41) is 18.2. The Bertz CT molecular complexity index is 395. The second-order valence-electron chi connectivity index (χ2n) is 4.10. The maximum absolute atomic E-state index is 11.1. The lowest BCUT2D eigenvalue weighted by molar-refractivity contribution is 0.282. The summed E-state index contributed by atoms with van der Waals surface area (Å²) >= 11 is 1.45. The number of aliphatic hydroxyl groups is 1. The first-order valence-electron chi connectivity index (χ1n) is 6.26. The molecule has 0 fully saturated rings. The van der Waals surface area contributed by atoms with Crippen LogP contribution in [0.15, 0.2) is 16.0 Å². The zero-order valence-electron chi connectivity index (χ0n) is 10.4. The summed E-state index contributed by atoms with van der Waals surface area (Å²) < 4.78 is 0. The third-order valence-corrected chi connectivity index (χ3v) is 3.46. The molecule has 1 aromatic rings. The number of aliphatic hydroxyl groups excluding tert-OH is 1. The van der Waals surface area contributed by atoms with Crippen LogP contribution in [0.25, 0.3) is 0 Å². The van der Waals surface area contributed by atoms with Crippen molar-refractivity contribution in [1.29, 1.82) is 0 Å². The van der Waals surface area contributed by atoms with Crippen LogP contribution in [0.1, 0.15) is 38.5 Å². The minimum Gasteiger partial charge on any atom is -0.493 e. The fraction of sp³-hybridized carbons (Fsp3) is 0.667. The molecule has 18 heavy (non-hydrogen) atoms. The highest BCUT2D eigenvalue weighted by atomic mass is 32.2. The summed E-state index contributed by atoms with van der Waals surface area (Å²) in [6.45, 7) is 0.284. The molecule has 1 aromatic heterocycles. The molecule has 0 saturated heterocycles. The van der Waals surface area contributed by atoms with E-state index < -0.39 is 0 Å². The molecule has 0 radical (unpaired) electrons. The van der Waals surface area contributed by atoms with E-state index in [4.69, 9.17) is 10.2 Å². The first-order chi connectivity index (χ1) is 8.72. The summed E-state index contributed by atoms with van der Waals surface area (Å²) in [4.78, 5) is 17.5. The molecule has 5 nitrogen and oxygen atoms in total. The third-order valence-electron chi connectivity index (χ3n) is 2.50. The van der Waals surface area contributed by atoms with E-state index in [-0.39, 0.29) is 18.0 Å². The molecule has 0 saturated carbocycles. The van der Waals surface area contributed by atoms with Gasteiger partial charge in [0, 0.05) is 12.4 Å². The van der Waals surface area contributed by atoms with Crippen LogP contribution in [0.4, 0.5) is 0 Å². The van der Waals surface area contributed by atoms with Gasteiger partial charge in [0.25, 0.3) is 5.56 Å². The van der Waals surface area contributed by atoms with Crippen molar-refractivity contribution in [2.45, 2.75) is 43.7 Å². The van der Waals surface area contributed by atoms with Crippen LogP contribution in [0.5, 0.6) is 5.88 Å². The number of aromatic amines is 1. The van der Waals surface area contributed by atoms with Crippen LogP contribution < -0.4 is 5.56 Å². The van der Waals surface area contributed by atoms with E-state index in [0.717, 1.165) is 43.9 Å². The normalized spacial score (nSPS) is 10.7. The van der Waals surface area contributed by atoms with Gasteiger partial charge < -0.3 is 15.2 Å². The molecule has 0 bridgehead atoms. The van der Waals surface area contributed by atoms with E-state index in [0.29, 0.717) is 5.16 Å². The SMILES string of the molecule is O=c1cc(O)nc(SCCCCCCCCO)[nH]1. The van der Waals surface area contributed by atoms with Crippen molar-refractivity contribution in [2.75, 3.05) is 12.4 Å². The molecule has 0 amide bonds. The highest BCUT2D eigenvalue weighted by molar-refractivity contribution is 7.99. The minimum atomic E-state index is -0.325. The van der Waals surface area contributed by atoms with Crippen molar-refractivity contribution in [1.82, 2.24) is 9.97 Å². The Morgan fingerprint density at radius 3 is 2.50 bits per heavy atom. The standard InChI is InChI=1S/C12H20N2O3S/c15-7-5-3-1-2-4-6-8-18-12-13-10(16)9-11(17)14-12/h9,15H,1-8H2,(H2,13,14,16,17). The van der Waals surface area contributed by atoms with Gasteiger partial charge in [0.1, 0.15) is 0 Å². The van der Waals surface area contributed by atoms with Crippen LogP contribution in [-0.4, -0.2) is 32.5 Å². The number of unbranched alkanes of at least 4 members (excludes halogenated alkanes) is 5. The Morgan fingerprint density at radius 1 is 1.17 bits per heavy atom. The molecule has 0 aliphatic heterocycles. The molecule has 1 rings (SSSR count). The Hall–Kier alpha value is -1.01. The summed E-state index contributed by atoms with van der Waals surface area (Å²) in [6, 6.07) is 1.06. The maximum Gasteiger partial charge on any atom is 0.255 e. The predicted molar refractivity (Wildman–Crippen MR) is 72.0 cm³/mol. The van der Waals surface area contributed by atoms with Crippen molar-refractivity contribution in [3.05, 3.63) is 16.4 Å². The molecule has 3 N–H and O–H groups in total. The lowest BCUT2D eigenvalue weighted by Gasteiger charge is -2.02. The van der Waals surface area contributed by atoms with E-state index in [1.165, 1.54) is 18.2 Å². The molecule has 6 heteroatoms. The van der Waals surface area contributed by atoms with E-state index in [1.54, 1.807) is 0 Å². The van der Waals surface area contributed by atoms with Crippen molar-refractivity contribution >= 4 is 11.8 Å². The zero-order valence-corrected chi connectivity index (χ0v) is 11.2. The van der Waals surface area contributed by atoms with Crippen molar-refractivity contribution in [2.24, 2.45) is 0 Å². The van der Waals surface area contributed by atoms with E-state index in [9.17, 15) is 4.79 Å². The summed E-state index contributed by atoms with van der Waals surface area (Å²) in [5.41, 5.74) is -0.325. The Kier molecular flexibility index (Phi) is 7.52. The summed E-state index contributed by atoms with van der Waals surface area (Å²) in [7, 11) is 0. The van der Waals surface area contributed by atoms with Gasteiger partial charge in [0.15, 0.2) is 5.16 Å². The predicted octanol–water partition coefficient (Wildman–Crippen LogP) is 1.90. The second-order valence-corrected chi connectivity index (χ2v) is 5.19. The average Bonchev–Trinajstić information content (AvgIpc) is 2.31. The monoisotopic (exact) mass is 272 g/mol. The molecule has 0 atom stereocenters.